The fraction of sp³-hybridized carbons (Fsp3) is 0. The largest absolute Gasteiger partial charge is 0.337 e. The molecule has 1 N–H and O–H groups in total. The Kier molecular flexibility index (Phi) is 3.23. The summed E-state index contributed by atoms with van der Waals surface area (Å²) in [6.07, 6.45) is 3.84. The average Bonchev–Trinajstić information content (AvgIpc) is 2.80. The number of pyridine rings is 1. The second-order valence-electron chi connectivity index (χ2n) is 4.01. The molecule has 0 amide bonds. The summed E-state index contributed by atoms with van der Waals surface area (Å²) >= 11 is 11.7. The van der Waals surface area contributed by atoms with E-state index in [0.29, 0.717) is 10.8 Å². The maximum absolute atomic E-state index is 5.83. The van der Waals surface area contributed by atoms with Crippen LogP contribution in [0.25, 0.3) is 23.3 Å². The number of H-pyrrole nitrogens is 1. The predicted molar refractivity (Wildman–Crippen MR) is 79.3 cm³/mol. The predicted octanol–water partition coefficient (Wildman–Crippen LogP) is 4.44. The number of rotatable bonds is 2. The van der Waals surface area contributed by atoms with Gasteiger partial charge >= 0.3 is 0 Å². The highest BCUT2D eigenvalue weighted by Gasteiger charge is 2.01. The number of benzene rings is 1. The van der Waals surface area contributed by atoms with Crippen molar-refractivity contribution in [1.82, 2.24) is 15.0 Å². The number of hydrogen-bond donors (Lipinski definition) is 1. The highest BCUT2D eigenvalue weighted by Crippen LogP contribution is 2.15. The van der Waals surface area contributed by atoms with Gasteiger partial charge in [0.1, 0.15) is 11.0 Å². The summed E-state index contributed by atoms with van der Waals surface area (Å²) in [7, 11) is 0. The van der Waals surface area contributed by atoms with Crippen LogP contribution >= 0.6 is 23.2 Å². The summed E-state index contributed by atoms with van der Waals surface area (Å²) in [4.78, 5) is 11.6. The lowest BCUT2D eigenvalue weighted by Gasteiger charge is -1.92. The van der Waals surface area contributed by atoms with E-state index >= 15 is 0 Å². The minimum atomic E-state index is 0.437. The monoisotopic (exact) mass is 289 g/mol. The molecule has 0 saturated carbocycles. The molecule has 0 aliphatic rings. The van der Waals surface area contributed by atoms with Crippen molar-refractivity contribution in [2.45, 2.75) is 0 Å². The van der Waals surface area contributed by atoms with Crippen molar-refractivity contribution in [2.75, 3.05) is 0 Å². The Labute approximate surface area is 119 Å². The second-order valence-corrected chi connectivity index (χ2v) is 4.84. The number of hydrogen-bond acceptors (Lipinski definition) is 2. The molecule has 0 atom stereocenters. The molecule has 94 valence electrons. The van der Waals surface area contributed by atoms with Gasteiger partial charge in [0.15, 0.2) is 5.65 Å². The number of nitrogens with one attached hydrogen (secondary N) is 1. The van der Waals surface area contributed by atoms with Crippen molar-refractivity contribution in [3.63, 3.8) is 0 Å². The quantitative estimate of drug-likeness (QED) is 0.709. The Balaban J connectivity index is 1.90. The van der Waals surface area contributed by atoms with E-state index in [1.165, 1.54) is 0 Å². The third-order valence-corrected chi connectivity index (χ3v) is 3.10. The normalized spacial score (nSPS) is 11.5. The molecule has 1 aromatic carbocycles. The zero-order valence-corrected chi connectivity index (χ0v) is 11.3. The van der Waals surface area contributed by atoms with Crippen LogP contribution in [0.3, 0.4) is 0 Å². The molecular formula is C14H9Cl2N3. The molecule has 2 heterocycles. The molecule has 2 aromatic heterocycles. The molecule has 5 heteroatoms. The lowest BCUT2D eigenvalue weighted by Crippen LogP contribution is -1.76. The molecular weight excluding hydrogens is 281 g/mol. The number of imidazole rings is 1. The summed E-state index contributed by atoms with van der Waals surface area (Å²) in [5.41, 5.74) is 2.53. The van der Waals surface area contributed by atoms with Crippen LogP contribution in [-0.4, -0.2) is 15.0 Å². The lowest BCUT2D eigenvalue weighted by molar-refractivity contribution is 1.27. The van der Waals surface area contributed by atoms with Crippen molar-refractivity contribution >= 4 is 46.5 Å². The Hall–Kier alpha value is -1.84. The van der Waals surface area contributed by atoms with E-state index in [0.717, 1.165) is 21.9 Å². The minimum Gasteiger partial charge on any atom is -0.337 e. The topological polar surface area (TPSA) is 41.6 Å². The first-order valence-electron chi connectivity index (χ1n) is 5.67. The third-order valence-electron chi connectivity index (χ3n) is 2.63. The standard InChI is InChI=1S/C14H9Cl2N3/c15-10-4-1-9(2-5-10)3-8-13-17-11-6-7-12(16)18-14(11)19-13/h1-8H,(H,17,18,19)/b8-3+. The van der Waals surface area contributed by atoms with E-state index in [2.05, 4.69) is 15.0 Å². The van der Waals surface area contributed by atoms with Crippen molar-refractivity contribution in [3.05, 3.63) is 58.0 Å². The zero-order valence-electron chi connectivity index (χ0n) is 9.77. The SMILES string of the molecule is Clc1ccc(/C=C/c2nc3nc(Cl)ccc3[nH]2)cc1. The summed E-state index contributed by atoms with van der Waals surface area (Å²) in [6.45, 7) is 0. The first kappa shape index (κ1) is 12.2. The molecule has 3 aromatic rings. The van der Waals surface area contributed by atoms with Crippen LogP contribution in [0, 0.1) is 0 Å². The molecule has 0 spiro atoms. The molecule has 3 nitrogen and oxygen atoms in total. The number of aromatic amines is 1. The van der Waals surface area contributed by atoms with Gasteiger partial charge in [0, 0.05) is 5.02 Å². The molecule has 0 radical (unpaired) electrons. The fourth-order valence-electron chi connectivity index (χ4n) is 1.72. The van der Waals surface area contributed by atoms with E-state index < -0.39 is 0 Å². The van der Waals surface area contributed by atoms with Crippen molar-refractivity contribution in [1.29, 1.82) is 0 Å². The van der Waals surface area contributed by atoms with Gasteiger partial charge in [-0.1, -0.05) is 41.4 Å². The van der Waals surface area contributed by atoms with Crippen LogP contribution in [0.4, 0.5) is 0 Å². The zero-order chi connectivity index (χ0) is 13.2. The summed E-state index contributed by atoms with van der Waals surface area (Å²) < 4.78 is 0. The minimum absolute atomic E-state index is 0.437. The molecule has 3 rings (SSSR count). The Morgan fingerprint density at radius 1 is 0.895 bits per heavy atom. The number of nitrogens with zero attached hydrogens (tertiary/aromatic N) is 2. The number of fused-ring (bicyclic) bond motifs is 1. The van der Waals surface area contributed by atoms with Crippen LogP contribution in [0.1, 0.15) is 11.4 Å². The van der Waals surface area contributed by atoms with Crippen LogP contribution < -0.4 is 0 Å². The Morgan fingerprint density at radius 3 is 2.47 bits per heavy atom. The van der Waals surface area contributed by atoms with E-state index in [1.807, 2.05) is 42.5 Å². The van der Waals surface area contributed by atoms with Gasteiger partial charge in [0.2, 0.25) is 0 Å². The van der Waals surface area contributed by atoms with Crippen molar-refractivity contribution in [3.8, 4) is 0 Å². The van der Waals surface area contributed by atoms with E-state index in [1.54, 1.807) is 6.07 Å². The molecule has 0 aliphatic heterocycles. The van der Waals surface area contributed by atoms with Gasteiger partial charge in [-0.15, -0.1) is 0 Å². The van der Waals surface area contributed by atoms with Gasteiger partial charge in [-0.25, -0.2) is 9.97 Å². The lowest BCUT2D eigenvalue weighted by atomic mass is 10.2. The third kappa shape index (κ3) is 2.78. The molecule has 0 unspecified atom stereocenters. The summed E-state index contributed by atoms with van der Waals surface area (Å²) in [5.74, 6) is 0.736. The van der Waals surface area contributed by atoms with Gasteiger partial charge < -0.3 is 4.98 Å². The first-order chi connectivity index (χ1) is 9.20. The van der Waals surface area contributed by atoms with E-state index in [-0.39, 0.29) is 0 Å². The van der Waals surface area contributed by atoms with Crippen LogP contribution in [-0.2, 0) is 0 Å². The summed E-state index contributed by atoms with van der Waals surface area (Å²) in [6, 6.07) is 11.2. The van der Waals surface area contributed by atoms with Crippen LogP contribution in [0.5, 0.6) is 0 Å². The van der Waals surface area contributed by atoms with Gasteiger partial charge in [0.05, 0.1) is 5.52 Å². The van der Waals surface area contributed by atoms with Gasteiger partial charge in [-0.3, -0.25) is 0 Å². The maximum atomic E-state index is 5.83. The molecule has 0 fully saturated rings. The maximum Gasteiger partial charge on any atom is 0.179 e. The smallest absolute Gasteiger partial charge is 0.179 e. The fourth-order valence-corrected chi connectivity index (χ4v) is 1.99. The number of halogens is 2. The average molecular weight is 290 g/mol. The van der Waals surface area contributed by atoms with Crippen molar-refractivity contribution < 1.29 is 0 Å². The molecule has 0 bridgehead atoms. The molecule has 0 saturated heterocycles. The number of aromatic nitrogens is 3. The highest BCUT2D eigenvalue weighted by atomic mass is 35.5. The Morgan fingerprint density at radius 2 is 1.68 bits per heavy atom. The van der Waals surface area contributed by atoms with Gasteiger partial charge in [-0.2, -0.15) is 0 Å². The molecule has 19 heavy (non-hydrogen) atoms. The van der Waals surface area contributed by atoms with E-state index in [9.17, 15) is 0 Å². The van der Waals surface area contributed by atoms with E-state index in [4.69, 9.17) is 23.2 Å². The Bertz CT molecular complexity index is 745. The second kappa shape index (κ2) is 5.03. The molecule has 0 aliphatic carbocycles. The van der Waals surface area contributed by atoms with Gasteiger partial charge in [0.25, 0.3) is 0 Å². The van der Waals surface area contributed by atoms with Gasteiger partial charge in [-0.05, 0) is 35.9 Å². The first-order valence-corrected chi connectivity index (χ1v) is 6.42. The van der Waals surface area contributed by atoms with Crippen LogP contribution in [0.15, 0.2) is 36.4 Å². The van der Waals surface area contributed by atoms with Crippen LogP contribution in [0.2, 0.25) is 10.2 Å². The highest BCUT2D eigenvalue weighted by molar-refractivity contribution is 6.30. The summed E-state index contributed by atoms with van der Waals surface area (Å²) in [5, 5.41) is 1.16. The van der Waals surface area contributed by atoms with Crippen molar-refractivity contribution in [2.24, 2.45) is 0 Å².